The normalized spacial score (nSPS) is 14.3. The maximum atomic E-state index is 13.2. The second kappa shape index (κ2) is 7.22. The topological polar surface area (TPSA) is 73.1 Å². The summed E-state index contributed by atoms with van der Waals surface area (Å²) in [6, 6.07) is 1.78. The van der Waals surface area contributed by atoms with E-state index in [4.69, 9.17) is 4.74 Å². The van der Waals surface area contributed by atoms with Gasteiger partial charge in [-0.15, -0.1) is 3.89 Å². The first kappa shape index (κ1) is 18.6. The van der Waals surface area contributed by atoms with Crippen molar-refractivity contribution in [1.82, 2.24) is 19.7 Å². The fraction of sp³-hybridized carbons (Fsp3) is 0.529. The first-order valence-electron chi connectivity index (χ1n) is 8.36. The highest BCUT2D eigenvalue weighted by Gasteiger charge is 2.32. The second-order valence-corrected chi connectivity index (χ2v) is 7.82. The molecule has 140 valence electrons. The van der Waals surface area contributed by atoms with Crippen LogP contribution in [0.4, 0.5) is 9.70 Å². The zero-order valence-corrected chi connectivity index (χ0v) is 16.1. The minimum atomic E-state index is -0.629. The number of halogens is 1. The number of anilines is 1. The van der Waals surface area contributed by atoms with Gasteiger partial charge in [0.25, 0.3) is 0 Å². The van der Waals surface area contributed by atoms with Crippen molar-refractivity contribution in [2.75, 3.05) is 18.5 Å². The van der Waals surface area contributed by atoms with E-state index in [0.717, 1.165) is 30.4 Å². The van der Waals surface area contributed by atoms with E-state index in [9.17, 15) is 8.68 Å². The fourth-order valence-electron chi connectivity index (χ4n) is 2.80. The van der Waals surface area contributed by atoms with Crippen LogP contribution in [0.2, 0.25) is 0 Å². The van der Waals surface area contributed by atoms with Gasteiger partial charge in [0.15, 0.2) is 12.3 Å². The Bertz CT molecular complexity index is 806. The maximum Gasteiger partial charge on any atom is 0.226 e. The van der Waals surface area contributed by atoms with Gasteiger partial charge in [-0.25, -0.2) is 14.6 Å². The van der Waals surface area contributed by atoms with Crippen molar-refractivity contribution in [1.29, 1.82) is 0 Å². The number of carbonyl (C=O) groups excluding carboxylic acids is 1. The molecule has 0 bridgehead atoms. The molecule has 1 aliphatic carbocycles. The molecule has 0 aromatic carbocycles. The number of aldehydes is 1. The molecule has 0 spiro atoms. The van der Waals surface area contributed by atoms with Crippen molar-refractivity contribution < 1.29 is 13.4 Å². The van der Waals surface area contributed by atoms with E-state index in [2.05, 4.69) is 15.1 Å². The average molecular weight is 379 g/mol. The minimum Gasteiger partial charge on any atom is -0.480 e. The summed E-state index contributed by atoms with van der Waals surface area (Å²) in [6.45, 7) is 3.95. The molecule has 0 unspecified atom stereocenters. The van der Waals surface area contributed by atoms with Crippen molar-refractivity contribution in [2.45, 2.75) is 39.2 Å². The van der Waals surface area contributed by atoms with E-state index in [1.165, 1.54) is 10.6 Å². The third-order valence-corrected chi connectivity index (χ3v) is 4.71. The third-order valence-electron chi connectivity index (χ3n) is 4.32. The molecule has 3 rings (SSSR count). The molecule has 0 aliphatic heterocycles. The molecule has 2 heterocycles. The first-order chi connectivity index (χ1) is 12.4. The molecule has 2 aromatic rings. The van der Waals surface area contributed by atoms with Crippen LogP contribution in [0.5, 0.6) is 5.88 Å². The third kappa shape index (κ3) is 3.67. The van der Waals surface area contributed by atoms with Crippen molar-refractivity contribution in [3.05, 3.63) is 18.1 Å². The highest BCUT2D eigenvalue weighted by atomic mass is 32.2. The molecule has 26 heavy (non-hydrogen) atoms. The zero-order chi connectivity index (χ0) is 18.9. The number of nitrogens with zero attached hydrogens (tertiary/aromatic N) is 5. The quantitative estimate of drug-likeness (QED) is 0.514. The molecule has 2 aromatic heterocycles. The van der Waals surface area contributed by atoms with Crippen LogP contribution in [0.25, 0.3) is 11.3 Å². The second-order valence-electron chi connectivity index (χ2n) is 7.14. The van der Waals surface area contributed by atoms with E-state index in [-0.39, 0.29) is 12.3 Å². The number of aromatic nitrogens is 4. The fourth-order valence-corrected chi connectivity index (χ4v) is 3.02. The predicted molar refractivity (Wildman–Crippen MR) is 98.7 cm³/mol. The van der Waals surface area contributed by atoms with Gasteiger partial charge in [0.1, 0.15) is 24.1 Å². The van der Waals surface area contributed by atoms with E-state index in [1.807, 2.05) is 13.8 Å². The first-order valence-corrected chi connectivity index (χ1v) is 9.03. The van der Waals surface area contributed by atoms with Gasteiger partial charge in [-0.1, -0.05) is 13.8 Å². The SMILES string of the molecule is COc1ncnc(C2CC2)c1-c1cc(N(C)SF)n(CC(C)(C)C=O)n1. The lowest BCUT2D eigenvalue weighted by atomic mass is 9.96. The molecule has 1 aliphatic rings. The maximum absolute atomic E-state index is 13.2. The Morgan fingerprint density at radius 1 is 1.46 bits per heavy atom. The summed E-state index contributed by atoms with van der Waals surface area (Å²) in [6.07, 6.45) is 4.51. The molecular weight excluding hydrogens is 357 g/mol. The summed E-state index contributed by atoms with van der Waals surface area (Å²) >= 11 is 0.0886. The predicted octanol–water partition coefficient (Wildman–Crippen LogP) is 3.42. The zero-order valence-electron chi connectivity index (χ0n) is 15.3. The Hall–Kier alpha value is -2.16. The summed E-state index contributed by atoms with van der Waals surface area (Å²) in [5.41, 5.74) is 1.62. The van der Waals surface area contributed by atoms with Crippen LogP contribution < -0.4 is 9.04 Å². The van der Waals surface area contributed by atoms with Crippen LogP contribution in [-0.4, -0.2) is 40.2 Å². The van der Waals surface area contributed by atoms with Crippen molar-refractivity contribution >= 4 is 24.4 Å². The van der Waals surface area contributed by atoms with Gasteiger partial charge in [0, 0.05) is 24.4 Å². The summed E-state index contributed by atoms with van der Waals surface area (Å²) in [7, 11) is 3.16. The largest absolute Gasteiger partial charge is 0.480 e. The van der Waals surface area contributed by atoms with Gasteiger partial charge in [0.05, 0.1) is 24.9 Å². The van der Waals surface area contributed by atoms with Crippen LogP contribution in [0.15, 0.2) is 12.4 Å². The van der Waals surface area contributed by atoms with Crippen LogP contribution in [0.3, 0.4) is 0 Å². The Labute approximate surface area is 156 Å². The molecule has 0 radical (unpaired) electrons. The van der Waals surface area contributed by atoms with Gasteiger partial charge >= 0.3 is 0 Å². The monoisotopic (exact) mass is 379 g/mol. The molecular formula is C17H22FN5O2S. The van der Waals surface area contributed by atoms with Crippen molar-refractivity contribution in [2.24, 2.45) is 5.41 Å². The van der Waals surface area contributed by atoms with Gasteiger partial charge in [-0.3, -0.25) is 4.31 Å². The van der Waals surface area contributed by atoms with Crippen LogP contribution >= 0.6 is 12.3 Å². The summed E-state index contributed by atoms with van der Waals surface area (Å²) < 4.78 is 21.7. The molecule has 1 saturated carbocycles. The number of rotatable bonds is 8. The molecule has 9 heteroatoms. The van der Waals surface area contributed by atoms with Crippen LogP contribution in [0.1, 0.15) is 38.3 Å². The molecule has 0 N–H and O–H groups in total. The van der Waals surface area contributed by atoms with E-state index in [1.54, 1.807) is 24.9 Å². The number of ether oxygens (including phenoxy) is 1. The molecule has 0 amide bonds. The molecule has 0 saturated heterocycles. The lowest BCUT2D eigenvalue weighted by molar-refractivity contribution is -0.115. The summed E-state index contributed by atoms with van der Waals surface area (Å²) in [4.78, 5) is 20.0. The highest BCUT2D eigenvalue weighted by molar-refractivity contribution is 7.95. The Morgan fingerprint density at radius 2 is 2.19 bits per heavy atom. The number of hydrogen-bond acceptors (Lipinski definition) is 7. The van der Waals surface area contributed by atoms with Gasteiger partial charge in [-0.2, -0.15) is 5.10 Å². The lowest BCUT2D eigenvalue weighted by Gasteiger charge is -2.20. The Morgan fingerprint density at radius 3 is 2.77 bits per heavy atom. The van der Waals surface area contributed by atoms with Crippen molar-refractivity contribution in [3.63, 3.8) is 0 Å². The molecule has 7 nitrogen and oxygen atoms in total. The van der Waals surface area contributed by atoms with Crippen LogP contribution in [0, 0.1) is 5.41 Å². The number of carbonyl (C=O) groups is 1. The number of methoxy groups -OCH3 is 1. The Kier molecular flexibility index (Phi) is 5.17. The highest BCUT2D eigenvalue weighted by Crippen LogP contribution is 2.45. The van der Waals surface area contributed by atoms with E-state index < -0.39 is 5.41 Å². The van der Waals surface area contributed by atoms with E-state index in [0.29, 0.717) is 29.9 Å². The average Bonchev–Trinajstić information content (AvgIpc) is 3.41. The molecule has 1 fully saturated rings. The molecule has 0 atom stereocenters. The smallest absolute Gasteiger partial charge is 0.226 e. The lowest BCUT2D eigenvalue weighted by Crippen LogP contribution is -2.24. The van der Waals surface area contributed by atoms with Gasteiger partial charge in [-0.05, 0) is 12.8 Å². The van der Waals surface area contributed by atoms with Gasteiger partial charge < -0.3 is 9.53 Å². The minimum absolute atomic E-state index is 0.0886. The summed E-state index contributed by atoms with van der Waals surface area (Å²) in [5, 5.41) is 4.64. The standard InChI is InChI=1S/C17H22FN5O2S/c1-17(2,9-24)8-23-13(22(3)26-18)7-12(21-23)14-15(11-5-6-11)19-10-20-16(14)25-4/h7,9-11H,5-6,8H2,1-4H3. The van der Waals surface area contributed by atoms with Gasteiger partial charge in [0.2, 0.25) is 5.88 Å². The van der Waals surface area contributed by atoms with Crippen LogP contribution in [-0.2, 0) is 11.3 Å². The Balaban J connectivity index is 2.12. The summed E-state index contributed by atoms with van der Waals surface area (Å²) in [5.74, 6) is 1.37. The van der Waals surface area contributed by atoms with Crippen molar-refractivity contribution in [3.8, 4) is 17.1 Å². The van der Waals surface area contributed by atoms with E-state index >= 15 is 0 Å². The number of hydrogen-bond donors (Lipinski definition) is 0.